The van der Waals surface area contributed by atoms with Crippen molar-refractivity contribution >= 4 is 17.5 Å². The monoisotopic (exact) mass is 407 g/mol. The summed E-state index contributed by atoms with van der Waals surface area (Å²) in [6, 6.07) is 17.9. The van der Waals surface area contributed by atoms with Crippen molar-refractivity contribution in [1.29, 1.82) is 0 Å². The van der Waals surface area contributed by atoms with Crippen LogP contribution in [0.25, 0.3) is 11.3 Å². The van der Waals surface area contributed by atoms with Gasteiger partial charge in [0.2, 0.25) is 5.95 Å². The number of rotatable bonds is 9. The van der Waals surface area contributed by atoms with Gasteiger partial charge in [-0.05, 0) is 11.5 Å². The van der Waals surface area contributed by atoms with E-state index >= 15 is 0 Å². The average Bonchev–Trinajstić information content (AvgIpc) is 2.76. The Kier molecular flexibility index (Phi) is 6.92. The molecular weight excluding hydrogens is 382 g/mol. The van der Waals surface area contributed by atoms with E-state index in [1.807, 2.05) is 56.3 Å². The molecule has 0 saturated carbocycles. The zero-order valence-electron chi connectivity index (χ0n) is 16.9. The third-order valence-corrected chi connectivity index (χ3v) is 4.71. The molecule has 3 rings (SSSR count). The van der Waals surface area contributed by atoms with Gasteiger partial charge in [0.15, 0.2) is 0 Å². The summed E-state index contributed by atoms with van der Waals surface area (Å²) in [5.41, 5.74) is 2.49. The van der Waals surface area contributed by atoms with Crippen LogP contribution in [0.1, 0.15) is 19.4 Å². The number of nitrogens with one attached hydrogen (secondary N) is 2. The van der Waals surface area contributed by atoms with Crippen LogP contribution in [0.5, 0.6) is 0 Å². The highest BCUT2D eigenvalue weighted by Crippen LogP contribution is 2.23. The Hall–Kier alpha value is -3.52. The number of hydrogen-bond donors (Lipinski definition) is 3. The predicted octanol–water partition coefficient (Wildman–Crippen LogP) is 4.09. The highest BCUT2D eigenvalue weighted by molar-refractivity contribution is 5.64. The molecule has 0 spiro atoms. The van der Waals surface area contributed by atoms with Crippen molar-refractivity contribution in [2.24, 2.45) is 5.92 Å². The van der Waals surface area contributed by atoms with Gasteiger partial charge in [-0.1, -0.05) is 56.3 Å². The highest BCUT2D eigenvalue weighted by atomic mass is 16.6. The van der Waals surface area contributed by atoms with Crippen molar-refractivity contribution in [2.45, 2.75) is 26.4 Å². The second-order valence-electron chi connectivity index (χ2n) is 7.29. The zero-order valence-corrected chi connectivity index (χ0v) is 16.9. The van der Waals surface area contributed by atoms with Crippen LogP contribution < -0.4 is 10.6 Å². The molecule has 8 nitrogen and oxygen atoms in total. The van der Waals surface area contributed by atoms with E-state index < -0.39 is 4.92 Å². The predicted molar refractivity (Wildman–Crippen MR) is 117 cm³/mol. The number of anilines is 2. The van der Waals surface area contributed by atoms with Gasteiger partial charge in [0, 0.05) is 30.3 Å². The molecule has 0 fully saturated rings. The highest BCUT2D eigenvalue weighted by Gasteiger charge is 2.15. The molecule has 3 N–H and O–H groups in total. The molecule has 156 valence electrons. The first-order chi connectivity index (χ1) is 14.5. The fourth-order valence-electron chi connectivity index (χ4n) is 2.92. The van der Waals surface area contributed by atoms with Crippen LogP contribution in [0.2, 0.25) is 0 Å². The summed E-state index contributed by atoms with van der Waals surface area (Å²) < 4.78 is 0. The summed E-state index contributed by atoms with van der Waals surface area (Å²) in [5, 5.41) is 27.1. The minimum absolute atomic E-state index is 0.0347. The number of benzene rings is 2. The van der Waals surface area contributed by atoms with E-state index in [0.717, 1.165) is 16.8 Å². The number of nitro groups is 1. The number of nitro benzene ring substituents is 1. The normalized spacial score (nSPS) is 11.9. The van der Waals surface area contributed by atoms with Crippen LogP contribution >= 0.6 is 0 Å². The number of non-ortho nitro benzene ring substituents is 1. The van der Waals surface area contributed by atoms with Crippen molar-refractivity contribution in [3.63, 3.8) is 0 Å². The molecular formula is C22H25N5O3. The lowest BCUT2D eigenvalue weighted by Crippen LogP contribution is -2.30. The Morgan fingerprint density at radius 2 is 1.83 bits per heavy atom. The number of aromatic nitrogens is 2. The maximum Gasteiger partial charge on any atom is 0.269 e. The van der Waals surface area contributed by atoms with E-state index in [1.165, 1.54) is 12.1 Å². The van der Waals surface area contributed by atoms with Gasteiger partial charge < -0.3 is 15.7 Å². The van der Waals surface area contributed by atoms with Gasteiger partial charge in [-0.3, -0.25) is 10.1 Å². The van der Waals surface area contributed by atoms with Gasteiger partial charge in [0.1, 0.15) is 5.82 Å². The van der Waals surface area contributed by atoms with E-state index in [9.17, 15) is 15.2 Å². The maximum absolute atomic E-state index is 11.0. The van der Waals surface area contributed by atoms with Gasteiger partial charge in [-0.25, -0.2) is 4.98 Å². The van der Waals surface area contributed by atoms with Crippen molar-refractivity contribution < 1.29 is 10.0 Å². The molecule has 0 aliphatic heterocycles. The number of hydrogen-bond acceptors (Lipinski definition) is 7. The molecule has 1 atom stereocenters. The van der Waals surface area contributed by atoms with Gasteiger partial charge in [-0.15, -0.1) is 0 Å². The third-order valence-electron chi connectivity index (χ3n) is 4.71. The van der Waals surface area contributed by atoms with Crippen molar-refractivity contribution in [1.82, 2.24) is 9.97 Å². The van der Waals surface area contributed by atoms with Crippen LogP contribution in [-0.2, 0) is 6.54 Å². The second kappa shape index (κ2) is 9.80. The third kappa shape index (κ3) is 5.51. The van der Waals surface area contributed by atoms with Crippen LogP contribution in [-0.4, -0.2) is 32.6 Å². The lowest BCUT2D eigenvalue weighted by atomic mass is 10.1. The molecule has 1 aromatic heterocycles. The molecule has 0 aliphatic carbocycles. The van der Waals surface area contributed by atoms with Crippen LogP contribution in [0.3, 0.4) is 0 Å². The maximum atomic E-state index is 11.0. The first-order valence-corrected chi connectivity index (χ1v) is 9.75. The quantitative estimate of drug-likeness (QED) is 0.362. The molecule has 3 aromatic rings. The zero-order chi connectivity index (χ0) is 21.5. The molecule has 8 heteroatoms. The number of nitrogens with zero attached hydrogens (tertiary/aromatic N) is 3. The summed E-state index contributed by atoms with van der Waals surface area (Å²) >= 11 is 0. The van der Waals surface area contributed by atoms with Crippen LogP contribution in [0.4, 0.5) is 17.5 Å². The van der Waals surface area contributed by atoms with E-state index in [-0.39, 0.29) is 24.3 Å². The Balaban J connectivity index is 1.87. The van der Waals surface area contributed by atoms with Crippen molar-refractivity contribution in [2.75, 3.05) is 17.2 Å². The van der Waals surface area contributed by atoms with Crippen molar-refractivity contribution in [3.05, 3.63) is 76.3 Å². The lowest BCUT2D eigenvalue weighted by Gasteiger charge is -2.20. The van der Waals surface area contributed by atoms with E-state index in [4.69, 9.17) is 0 Å². The largest absolute Gasteiger partial charge is 0.394 e. The Morgan fingerprint density at radius 1 is 1.07 bits per heavy atom. The van der Waals surface area contributed by atoms with E-state index in [2.05, 4.69) is 20.6 Å². The topological polar surface area (TPSA) is 113 Å². The number of aliphatic hydroxyl groups excluding tert-OH is 1. The molecule has 0 saturated heterocycles. The first-order valence-electron chi connectivity index (χ1n) is 9.75. The molecule has 0 bridgehead atoms. The molecule has 0 radical (unpaired) electrons. The Labute approximate surface area is 175 Å². The molecule has 30 heavy (non-hydrogen) atoms. The fourth-order valence-corrected chi connectivity index (χ4v) is 2.92. The van der Waals surface area contributed by atoms with Crippen LogP contribution in [0.15, 0.2) is 60.7 Å². The Bertz CT molecular complexity index is 995. The van der Waals surface area contributed by atoms with E-state index in [1.54, 1.807) is 6.07 Å². The molecule has 0 aliphatic rings. The van der Waals surface area contributed by atoms with Crippen LogP contribution in [0, 0.1) is 16.0 Å². The lowest BCUT2D eigenvalue weighted by molar-refractivity contribution is -0.384. The molecule has 2 aromatic carbocycles. The molecule has 1 heterocycles. The van der Waals surface area contributed by atoms with Gasteiger partial charge >= 0.3 is 0 Å². The molecule has 0 amide bonds. The summed E-state index contributed by atoms with van der Waals surface area (Å²) in [6.07, 6.45) is 0. The smallest absolute Gasteiger partial charge is 0.269 e. The minimum Gasteiger partial charge on any atom is -0.394 e. The Morgan fingerprint density at radius 3 is 2.50 bits per heavy atom. The SMILES string of the molecule is CC(C)[C@@H](CO)Nc1nc(NCc2cccc([N+](=O)[O-])c2)cc(-c2ccccc2)n1. The standard InChI is InChI=1S/C22H25N5O3/c1-15(2)20(14-28)25-22-24-19(17-8-4-3-5-9-17)12-21(26-22)23-13-16-7-6-10-18(11-16)27(29)30/h3-12,15,20,28H,13-14H2,1-2H3,(H2,23,24,25,26)/t20-/m1/s1. The van der Waals surface area contributed by atoms with Gasteiger partial charge in [0.25, 0.3) is 5.69 Å². The second-order valence-corrected chi connectivity index (χ2v) is 7.29. The average molecular weight is 407 g/mol. The van der Waals surface area contributed by atoms with Gasteiger partial charge in [0.05, 0.1) is 23.3 Å². The minimum atomic E-state index is -0.412. The van der Waals surface area contributed by atoms with Gasteiger partial charge in [-0.2, -0.15) is 4.98 Å². The number of aliphatic hydroxyl groups is 1. The van der Waals surface area contributed by atoms with Crippen molar-refractivity contribution in [3.8, 4) is 11.3 Å². The summed E-state index contributed by atoms with van der Waals surface area (Å²) in [7, 11) is 0. The summed E-state index contributed by atoms with van der Waals surface area (Å²) in [4.78, 5) is 19.7. The molecule has 0 unspecified atom stereocenters. The summed E-state index contributed by atoms with van der Waals surface area (Å²) in [6.45, 7) is 4.36. The van der Waals surface area contributed by atoms with E-state index in [0.29, 0.717) is 18.3 Å². The fraction of sp³-hybridized carbons (Fsp3) is 0.273. The summed E-state index contributed by atoms with van der Waals surface area (Å²) in [5.74, 6) is 1.18. The first kappa shape index (κ1) is 21.2.